The van der Waals surface area contributed by atoms with Crippen molar-refractivity contribution in [1.29, 1.82) is 0 Å². The summed E-state index contributed by atoms with van der Waals surface area (Å²) in [4.78, 5) is 12.0. The van der Waals surface area contributed by atoms with Crippen molar-refractivity contribution in [1.82, 2.24) is 0 Å². The molecule has 1 saturated carbocycles. The van der Waals surface area contributed by atoms with Crippen LogP contribution in [0.5, 0.6) is 5.75 Å². The van der Waals surface area contributed by atoms with Gasteiger partial charge in [-0.3, -0.25) is 0 Å². The van der Waals surface area contributed by atoms with Gasteiger partial charge in [0.15, 0.2) is 17.7 Å². The van der Waals surface area contributed by atoms with E-state index >= 15 is 0 Å². The molecule has 0 unspecified atom stereocenters. The van der Waals surface area contributed by atoms with Gasteiger partial charge in [0, 0.05) is 5.56 Å². The lowest BCUT2D eigenvalue weighted by Gasteiger charge is -2.29. The zero-order chi connectivity index (χ0) is 28.7. The molecule has 0 N–H and O–H groups in total. The van der Waals surface area contributed by atoms with Crippen LogP contribution in [0.25, 0.3) is 11.1 Å². The monoisotopic (exact) mass is 560 g/mol. The van der Waals surface area contributed by atoms with Crippen molar-refractivity contribution >= 4 is 5.97 Å². The van der Waals surface area contributed by atoms with Gasteiger partial charge in [-0.15, -0.1) is 0 Å². The highest BCUT2D eigenvalue weighted by Crippen LogP contribution is 2.36. The van der Waals surface area contributed by atoms with Crippen LogP contribution >= 0.6 is 0 Å². The topological polar surface area (TPSA) is 35.5 Å². The molecule has 0 spiro atoms. The lowest BCUT2D eigenvalue weighted by atomic mass is 9.82. The Morgan fingerprint density at radius 3 is 2.08 bits per heavy atom. The molecule has 6 heteroatoms. The van der Waals surface area contributed by atoms with E-state index in [-0.39, 0.29) is 23.8 Å². The summed E-state index contributed by atoms with van der Waals surface area (Å²) in [6.45, 7) is 4.55. The summed E-state index contributed by atoms with van der Waals surface area (Å²) in [7, 11) is 0. The lowest BCUT2D eigenvalue weighted by molar-refractivity contribution is -0.157. The third kappa shape index (κ3) is 9.85. The van der Waals surface area contributed by atoms with Crippen LogP contribution in [0.15, 0.2) is 36.4 Å². The Bertz CT molecular complexity index is 1020. The zero-order valence-corrected chi connectivity index (χ0v) is 24.4. The molecule has 2 aromatic carbocycles. The number of rotatable bonds is 17. The second-order valence-corrected chi connectivity index (χ2v) is 11.2. The van der Waals surface area contributed by atoms with E-state index in [9.17, 15) is 18.0 Å². The van der Waals surface area contributed by atoms with E-state index in [0.717, 1.165) is 44.1 Å². The van der Waals surface area contributed by atoms with Crippen LogP contribution in [0.3, 0.4) is 0 Å². The predicted molar refractivity (Wildman–Crippen MR) is 155 cm³/mol. The molecule has 3 rings (SSSR count). The summed E-state index contributed by atoms with van der Waals surface area (Å²) >= 11 is 0. The van der Waals surface area contributed by atoms with Gasteiger partial charge < -0.3 is 9.47 Å². The molecular weight excluding hydrogens is 513 g/mol. The SMILES string of the molecule is CCCCCCCCCCOc1ccc(-c2ccc([C@H]3CC[C@H](OC(=O)[C@@H](F)CCCC)CC3)cc2)c(F)c1F. The van der Waals surface area contributed by atoms with E-state index in [2.05, 4.69) is 6.92 Å². The maximum absolute atomic E-state index is 14.9. The number of carbonyl (C=O) groups is 1. The first-order chi connectivity index (χ1) is 19.4. The average molecular weight is 561 g/mol. The fraction of sp³-hybridized carbons (Fsp3) is 0.618. The first kappa shape index (κ1) is 32.0. The molecule has 222 valence electrons. The highest BCUT2D eigenvalue weighted by atomic mass is 19.2. The van der Waals surface area contributed by atoms with Crippen LogP contribution in [0, 0.1) is 11.6 Å². The second kappa shape index (κ2) is 17.3. The molecule has 1 atom stereocenters. The minimum Gasteiger partial charge on any atom is -0.490 e. The maximum atomic E-state index is 14.9. The van der Waals surface area contributed by atoms with E-state index in [4.69, 9.17) is 9.47 Å². The Labute approximate surface area is 238 Å². The summed E-state index contributed by atoms with van der Waals surface area (Å²) in [6, 6.07) is 10.6. The molecule has 0 saturated heterocycles. The van der Waals surface area contributed by atoms with Crippen molar-refractivity contribution in [3.8, 4) is 16.9 Å². The Kier molecular flexibility index (Phi) is 13.9. The molecule has 0 aliphatic heterocycles. The van der Waals surface area contributed by atoms with Crippen molar-refractivity contribution in [2.24, 2.45) is 0 Å². The predicted octanol–water partition coefficient (Wildman–Crippen LogP) is 10.2. The highest BCUT2D eigenvalue weighted by Gasteiger charge is 2.28. The molecular formula is C34H47F3O3. The molecule has 0 bridgehead atoms. The van der Waals surface area contributed by atoms with Gasteiger partial charge in [-0.2, -0.15) is 4.39 Å². The normalized spacial score (nSPS) is 17.9. The maximum Gasteiger partial charge on any atom is 0.340 e. The minimum atomic E-state index is -1.54. The number of benzene rings is 2. The summed E-state index contributed by atoms with van der Waals surface area (Å²) < 4.78 is 54.6. The van der Waals surface area contributed by atoms with Gasteiger partial charge >= 0.3 is 5.97 Å². The second-order valence-electron chi connectivity index (χ2n) is 11.2. The Morgan fingerprint density at radius 2 is 1.43 bits per heavy atom. The van der Waals surface area contributed by atoms with Crippen molar-refractivity contribution in [2.75, 3.05) is 6.61 Å². The summed E-state index contributed by atoms with van der Waals surface area (Å²) in [5.41, 5.74) is 1.94. The number of hydrogen-bond donors (Lipinski definition) is 0. The van der Waals surface area contributed by atoms with Crippen LogP contribution in [-0.2, 0) is 9.53 Å². The van der Waals surface area contributed by atoms with E-state index in [0.29, 0.717) is 37.4 Å². The molecule has 1 aliphatic rings. The third-order valence-corrected chi connectivity index (χ3v) is 8.02. The number of unbranched alkanes of at least 4 members (excludes halogenated alkanes) is 8. The summed E-state index contributed by atoms with van der Waals surface area (Å²) in [5, 5.41) is 0. The van der Waals surface area contributed by atoms with Crippen LogP contribution in [0.1, 0.15) is 122 Å². The highest BCUT2D eigenvalue weighted by molar-refractivity contribution is 5.74. The zero-order valence-electron chi connectivity index (χ0n) is 24.4. The third-order valence-electron chi connectivity index (χ3n) is 8.02. The number of hydrogen-bond acceptors (Lipinski definition) is 3. The van der Waals surface area contributed by atoms with Gasteiger partial charge in [0.1, 0.15) is 6.10 Å². The standard InChI is InChI=1S/C34H47F3O3/c1-3-5-7-8-9-10-11-12-24-39-31-23-22-29(32(36)33(31)37)27-16-14-25(15-17-27)26-18-20-28(21-19-26)40-34(38)30(35)13-6-4-2/h14-17,22-23,26,28,30H,3-13,18-21,24H2,1-2H3/t26-,28-,30-/m0/s1. The van der Waals surface area contributed by atoms with Gasteiger partial charge in [0.05, 0.1) is 6.61 Å². The van der Waals surface area contributed by atoms with Gasteiger partial charge in [-0.1, -0.05) is 95.9 Å². The van der Waals surface area contributed by atoms with Gasteiger partial charge in [0.2, 0.25) is 5.82 Å². The average Bonchev–Trinajstić information content (AvgIpc) is 2.97. The minimum absolute atomic E-state index is 0.0391. The van der Waals surface area contributed by atoms with E-state index in [1.165, 1.54) is 38.2 Å². The molecule has 0 aromatic heterocycles. The first-order valence-corrected chi connectivity index (χ1v) is 15.5. The van der Waals surface area contributed by atoms with Crippen molar-refractivity contribution < 1.29 is 27.4 Å². The fourth-order valence-electron chi connectivity index (χ4n) is 5.47. The Morgan fingerprint density at radius 1 is 0.800 bits per heavy atom. The number of carbonyl (C=O) groups excluding carboxylic acids is 1. The molecule has 1 aliphatic carbocycles. The number of halogens is 3. The van der Waals surface area contributed by atoms with Crippen LogP contribution in [0.4, 0.5) is 13.2 Å². The quantitative estimate of drug-likeness (QED) is 0.143. The van der Waals surface area contributed by atoms with Crippen LogP contribution < -0.4 is 4.74 Å². The fourth-order valence-corrected chi connectivity index (χ4v) is 5.47. The summed E-state index contributed by atoms with van der Waals surface area (Å²) in [5.74, 6) is -2.32. The number of esters is 1. The van der Waals surface area contributed by atoms with E-state index in [1.54, 1.807) is 6.07 Å². The Hall–Kier alpha value is -2.50. The molecule has 0 amide bonds. The van der Waals surface area contributed by atoms with E-state index < -0.39 is 23.8 Å². The van der Waals surface area contributed by atoms with Crippen molar-refractivity contribution in [3.05, 3.63) is 53.6 Å². The molecule has 40 heavy (non-hydrogen) atoms. The molecule has 1 fully saturated rings. The molecule has 3 nitrogen and oxygen atoms in total. The largest absolute Gasteiger partial charge is 0.490 e. The first-order valence-electron chi connectivity index (χ1n) is 15.5. The van der Waals surface area contributed by atoms with E-state index in [1.807, 2.05) is 31.2 Å². The number of ether oxygens (including phenoxy) is 2. The van der Waals surface area contributed by atoms with Crippen LogP contribution in [0.2, 0.25) is 0 Å². The molecule has 0 heterocycles. The molecule has 0 radical (unpaired) electrons. The molecule has 2 aromatic rings. The van der Waals surface area contributed by atoms with Crippen LogP contribution in [-0.4, -0.2) is 24.9 Å². The van der Waals surface area contributed by atoms with Crippen molar-refractivity contribution in [3.63, 3.8) is 0 Å². The van der Waals surface area contributed by atoms with Gasteiger partial charge in [-0.25, -0.2) is 13.6 Å². The number of alkyl halides is 1. The Balaban J connectivity index is 1.45. The van der Waals surface area contributed by atoms with Crippen molar-refractivity contribution in [2.45, 2.75) is 128 Å². The van der Waals surface area contributed by atoms with Gasteiger partial charge in [0.25, 0.3) is 0 Å². The summed E-state index contributed by atoms with van der Waals surface area (Å²) in [6.07, 6.45) is 12.3. The smallest absolute Gasteiger partial charge is 0.340 e. The lowest BCUT2D eigenvalue weighted by Crippen LogP contribution is -2.28. The van der Waals surface area contributed by atoms with Gasteiger partial charge in [-0.05, 0) is 67.7 Å².